The lowest BCUT2D eigenvalue weighted by molar-refractivity contribution is -0.121. The van der Waals surface area contributed by atoms with Gasteiger partial charge >= 0.3 is 5.97 Å². The zero-order valence-corrected chi connectivity index (χ0v) is 18.3. The van der Waals surface area contributed by atoms with E-state index in [-0.39, 0.29) is 30.0 Å². The van der Waals surface area contributed by atoms with Gasteiger partial charge in [-0.2, -0.15) is 0 Å². The van der Waals surface area contributed by atoms with Gasteiger partial charge in [-0.1, -0.05) is 12.1 Å². The minimum absolute atomic E-state index is 0.124. The lowest BCUT2D eigenvalue weighted by atomic mass is 10.2. The van der Waals surface area contributed by atoms with Gasteiger partial charge in [0.1, 0.15) is 12.3 Å². The maximum atomic E-state index is 13.1. The van der Waals surface area contributed by atoms with E-state index in [4.69, 9.17) is 9.15 Å². The first kappa shape index (κ1) is 21.7. The Labute approximate surface area is 189 Å². The molecule has 32 heavy (non-hydrogen) atoms. The third kappa shape index (κ3) is 4.86. The second-order valence-electron chi connectivity index (χ2n) is 7.12. The van der Waals surface area contributed by atoms with E-state index in [0.29, 0.717) is 23.5 Å². The number of esters is 1. The molecule has 2 aromatic carbocycles. The topological polar surface area (TPSA) is 88.9 Å². The van der Waals surface area contributed by atoms with Gasteiger partial charge in [-0.25, -0.2) is 4.79 Å². The van der Waals surface area contributed by atoms with E-state index in [9.17, 15) is 14.4 Å². The van der Waals surface area contributed by atoms with Crippen molar-refractivity contribution in [1.82, 2.24) is 0 Å². The van der Waals surface area contributed by atoms with E-state index in [1.807, 2.05) is 30.3 Å². The van der Waals surface area contributed by atoms with Crippen molar-refractivity contribution in [2.24, 2.45) is 0 Å². The van der Waals surface area contributed by atoms with E-state index in [0.717, 1.165) is 10.7 Å². The van der Waals surface area contributed by atoms with Crippen LogP contribution in [0.2, 0.25) is 0 Å². The standard InChI is InChI=1S/C24H22N2O5S/c1-2-30-24(29)16-9-11-17(12-10-16)25-22(27)15-26-18-6-3-4-8-20(18)32-21(14-23(26)28)19-7-5-13-31-19/h3-13,21H,2,14-15H2,1H3,(H,25,27)/t21-/m0/s1. The zero-order chi connectivity index (χ0) is 22.5. The molecule has 4 rings (SSSR count). The Bertz CT molecular complexity index is 1110. The maximum absolute atomic E-state index is 13.1. The van der Waals surface area contributed by atoms with Gasteiger partial charge in [0.15, 0.2) is 0 Å². The van der Waals surface area contributed by atoms with Crippen LogP contribution in [0.3, 0.4) is 0 Å². The number of amides is 2. The van der Waals surface area contributed by atoms with Crippen molar-refractivity contribution in [3.8, 4) is 0 Å². The van der Waals surface area contributed by atoms with Crippen LogP contribution >= 0.6 is 11.8 Å². The molecule has 2 amide bonds. The number of benzene rings is 2. The molecule has 0 saturated carbocycles. The summed E-state index contributed by atoms with van der Waals surface area (Å²) in [5.41, 5.74) is 1.63. The van der Waals surface area contributed by atoms with Crippen molar-refractivity contribution in [2.45, 2.75) is 23.5 Å². The lowest BCUT2D eigenvalue weighted by Crippen LogP contribution is -2.38. The van der Waals surface area contributed by atoms with Crippen LogP contribution in [0.4, 0.5) is 11.4 Å². The van der Waals surface area contributed by atoms with E-state index in [1.165, 1.54) is 4.90 Å². The molecule has 7 nitrogen and oxygen atoms in total. The highest BCUT2D eigenvalue weighted by molar-refractivity contribution is 7.99. The molecular formula is C24H22N2O5S. The highest BCUT2D eigenvalue weighted by Crippen LogP contribution is 2.45. The Hall–Kier alpha value is -3.52. The first-order chi connectivity index (χ1) is 15.5. The van der Waals surface area contributed by atoms with Crippen LogP contribution in [0.25, 0.3) is 0 Å². The van der Waals surface area contributed by atoms with Crippen molar-refractivity contribution < 1.29 is 23.5 Å². The van der Waals surface area contributed by atoms with Crippen molar-refractivity contribution in [2.75, 3.05) is 23.4 Å². The summed E-state index contributed by atoms with van der Waals surface area (Å²) in [6, 6.07) is 17.6. The second kappa shape index (κ2) is 9.74. The first-order valence-corrected chi connectivity index (χ1v) is 11.1. The minimum atomic E-state index is -0.416. The Balaban J connectivity index is 1.49. The summed E-state index contributed by atoms with van der Waals surface area (Å²) in [5.74, 6) is -0.179. The Morgan fingerprint density at radius 2 is 1.91 bits per heavy atom. The van der Waals surface area contributed by atoms with Crippen LogP contribution in [0.1, 0.15) is 34.7 Å². The van der Waals surface area contributed by atoms with Crippen LogP contribution < -0.4 is 10.2 Å². The number of nitrogens with one attached hydrogen (secondary N) is 1. The monoisotopic (exact) mass is 450 g/mol. The largest absolute Gasteiger partial charge is 0.468 e. The number of carbonyl (C=O) groups excluding carboxylic acids is 3. The van der Waals surface area contributed by atoms with Gasteiger partial charge < -0.3 is 19.4 Å². The Morgan fingerprint density at radius 3 is 2.62 bits per heavy atom. The number of furan rings is 1. The number of hydrogen-bond acceptors (Lipinski definition) is 6. The summed E-state index contributed by atoms with van der Waals surface area (Å²) in [6.07, 6.45) is 1.81. The molecular weight excluding hydrogens is 428 g/mol. The quantitative estimate of drug-likeness (QED) is 0.549. The van der Waals surface area contributed by atoms with Crippen molar-refractivity contribution >= 4 is 40.9 Å². The van der Waals surface area contributed by atoms with Crippen LogP contribution in [0.15, 0.2) is 76.2 Å². The number of nitrogens with zero attached hydrogens (tertiary/aromatic N) is 1. The summed E-state index contributed by atoms with van der Waals surface area (Å²) in [4.78, 5) is 40.0. The fourth-order valence-corrected chi connectivity index (χ4v) is 4.67. The van der Waals surface area contributed by atoms with Gasteiger partial charge in [0, 0.05) is 17.0 Å². The first-order valence-electron chi connectivity index (χ1n) is 10.2. The molecule has 0 aliphatic carbocycles. The summed E-state index contributed by atoms with van der Waals surface area (Å²) >= 11 is 1.55. The molecule has 0 fully saturated rings. The minimum Gasteiger partial charge on any atom is -0.468 e. The van der Waals surface area contributed by atoms with E-state index >= 15 is 0 Å². The highest BCUT2D eigenvalue weighted by Gasteiger charge is 2.31. The predicted octanol–water partition coefficient (Wildman–Crippen LogP) is 4.67. The Kier molecular flexibility index (Phi) is 6.61. The molecule has 0 spiro atoms. The normalized spacial score (nSPS) is 15.6. The van der Waals surface area contributed by atoms with Gasteiger partial charge in [0.25, 0.3) is 0 Å². The molecule has 1 atom stereocenters. The number of carbonyl (C=O) groups is 3. The number of thioether (sulfide) groups is 1. The molecule has 164 valence electrons. The molecule has 1 aromatic heterocycles. The molecule has 0 bridgehead atoms. The molecule has 1 aliphatic heterocycles. The number of anilines is 2. The van der Waals surface area contributed by atoms with Gasteiger partial charge in [0.05, 0.1) is 29.4 Å². The van der Waals surface area contributed by atoms with Crippen LogP contribution in [-0.2, 0) is 14.3 Å². The Morgan fingerprint density at radius 1 is 1.12 bits per heavy atom. The zero-order valence-electron chi connectivity index (χ0n) is 17.4. The maximum Gasteiger partial charge on any atom is 0.338 e. The van der Waals surface area contributed by atoms with E-state index in [1.54, 1.807) is 55.3 Å². The molecule has 1 N–H and O–H groups in total. The third-order valence-electron chi connectivity index (χ3n) is 4.93. The average Bonchev–Trinajstić information content (AvgIpc) is 3.29. The van der Waals surface area contributed by atoms with Crippen molar-refractivity contribution in [1.29, 1.82) is 0 Å². The fraction of sp³-hybridized carbons (Fsp3) is 0.208. The number of fused-ring (bicyclic) bond motifs is 1. The number of ether oxygens (including phenoxy) is 1. The summed E-state index contributed by atoms with van der Waals surface area (Å²) < 4.78 is 10.5. The lowest BCUT2D eigenvalue weighted by Gasteiger charge is -2.22. The summed E-state index contributed by atoms with van der Waals surface area (Å²) in [5, 5.41) is 2.62. The van der Waals surface area contributed by atoms with Gasteiger partial charge in [-0.15, -0.1) is 11.8 Å². The van der Waals surface area contributed by atoms with Crippen LogP contribution in [0.5, 0.6) is 0 Å². The molecule has 8 heteroatoms. The van der Waals surface area contributed by atoms with E-state index < -0.39 is 5.97 Å². The van der Waals surface area contributed by atoms with Gasteiger partial charge in [-0.05, 0) is 55.5 Å². The highest BCUT2D eigenvalue weighted by atomic mass is 32.2. The predicted molar refractivity (Wildman–Crippen MR) is 122 cm³/mol. The summed E-state index contributed by atoms with van der Waals surface area (Å²) in [6.45, 7) is 1.91. The molecule has 0 radical (unpaired) electrons. The molecule has 1 aliphatic rings. The van der Waals surface area contributed by atoms with Crippen molar-refractivity contribution in [3.05, 3.63) is 78.3 Å². The second-order valence-corrected chi connectivity index (χ2v) is 8.36. The van der Waals surface area contributed by atoms with Crippen LogP contribution in [-0.4, -0.2) is 30.9 Å². The van der Waals surface area contributed by atoms with E-state index in [2.05, 4.69) is 5.32 Å². The fourth-order valence-electron chi connectivity index (χ4n) is 3.43. The molecule has 0 saturated heterocycles. The van der Waals surface area contributed by atoms with Crippen LogP contribution in [0, 0.1) is 0 Å². The molecule has 2 heterocycles. The molecule has 3 aromatic rings. The SMILES string of the molecule is CCOC(=O)c1ccc(NC(=O)CN2C(=O)C[C@@H](c3ccco3)Sc3ccccc32)cc1. The summed E-state index contributed by atoms with van der Waals surface area (Å²) in [7, 11) is 0. The smallest absolute Gasteiger partial charge is 0.338 e. The number of hydrogen-bond donors (Lipinski definition) is 1. The number of rotatable bonds is 6. The van der Waals surface area contributed by atoms with Gasteiger partial charge in [-0.3, -0.25) is 9.59 Å². The number of para-hydroxylation sites is 1. The van der Waals surface area contributed by atoms with Gasteiger partial charge in [0.2, 0.25) is 11.8 Å². The third-order valence-corrected chi connectivity index (χ3v) is 6.21. The van der Waals surface area contributed by atoms with Crippen molar-refractivity contribution in [3.63, 3.8) is 0 Å². The average molecular weight is 451 g/mol. The molecule has 0 unspecified atom stereocenters.